The number of likely N-dealkylation sites (tertiary alicyclic amines) is 1. The molecule has 1 aliphatic rings. The predicted octanol–water partition coefficient (Wildman–Crippen LogP) is 2.02. The fourth-order valence-corrected chi connectivity index (χ4v) is 4.12. The second kappa shape index (κ2) is 6.68. The minimum absolute atomic E-state index is 0.0374. The monoisotopic (exact) mass is 345 g/mol. The summed E-state index contributed by atoms with van der Waals surface area (Å²) in [5, 5.41) is 10.5. The van der Waals surface area contributed by atoms with Gasteiger partial charge in [-0.15, -0.1) is 11.3 Å². The lowest BCUT2D eigenvalue weighted by molar-refractivity contribution is -0.141. The molecule has 1 aliphatic heterocycles. The highest BCUT2D eigenvalue weighted by molar-refractivity contribution is 7.11. The number of aliphatic carboxylic acids is 1. The summed E-state index contributed by atoms with van der Waals surface area (Å²) in [7, 11) is 0. The average Bonchev–Trinajstić information content (AvgIpc) is 3.12. The van der Waals surface area contributed by atoms with E-state index in [2.05, 4.69) is 9.97 Å². The molecule has 7 heteroatoms. The van der Waals surface area contributed by atoms with E-state index in [9.17, 15) is 14.7 Å². The number of carboxylic acids is 1. The Morgan fingerprint density at radius 3 is 2.58 bits per heavy atom. The molecule has 0 aromatic carbocycles. The van der Waals surface area contributed by atoms with Crippen LogP contribution in [-0.2, 0) is 16.0 Å². The first-order chi connectivity index (χ1) is 11.5. The van der Waals surface area contributed by atoms with E-state index in [4.69, 9.17) is 0 Å². The van der Waals surface area contributed by atoms with Gasteiger partial charge in [0.25, 0.3) is 0 Å². The van der Waals surface area contributed by atoms with Crippen molar-refractivity contribution >= 4 is 23.2 Å². The lowest BCUT2D eigenvalue weighted by Gasteiger charge is -2.16. The van der Waals surface area contributed by atoms with Crippen molar-refractivity contribution in [3.8, 4) is 0 Å². The van der Waals surface area contributed by atoms with Crippen LogP contribution in [0.3, 0.4) is 0 Å². The molecule has 1 N–H and O–H groups in total. The Balaban J connectivity index is 1.76. The molecule has 6 nitrogen and oxygen atoms in total. The third-order valence-electron chi connectivity index (χ3n) is 4.44. The van der Waals surface area contributed by atoms with Crippen molar-refractivity contribution in [2.75, 3.05) is 13.1 Å². The molecule has 126 valence electrons. The maximum atomic E-state index is 12.6. The molecule has 0 radical (unpaired) electrons. The van der Waals surface area contributed by atoms with Crippen molar-refractivity contribution in [3.05, 3.63) is 45.7 Å². The summed E-state index contributed by atoms with van der Waals surface area (Å²) in [6.07, 6.45) is 3.59. The summed E-state index contributed by atoms with van der Waals surface area (Å²) in [6.45, 7) is 4.49. The molecule has 1 saturated heterocycles. The van der Waals surface area contributed by atoms with E-state index in [0.717, 1.165) is 21.1 Å². The number of carbonyl (C=O) groups is 2. The standard InChI is InChI=1S/C17H19N3O3S/c1-10-15(24-11(2)19-10)7-16(21)20-8-13(14(9-20)17(22)23)12-3-5-18-6-4-12/h3-6,13-14H,7-9H2,1-2H3,(H,22,23)/t13-,14+/m1/s1. The lowest BCUT2D eigenvalue weighted by Crippen LogP contribution is -2.31. The first-order valence-corrected chi connectivity index (χ1v) is 8.60. The van der Waals surface area contributed by atoms with Gasteiger partial charge in [-0.05, 0) is 31.5 Å². The summed E-state index contributed by atoms with van der Waals surface area (Å²) >= 11 is 1.52. The van der Waals surface area contributed by atoms with Gasteiger partial charge < -0.3 is 10.0 Å². The zero-order valence-corrected chi connectivity index (χ0v) is 14.4. The lowest BCUT2D eigenvalue weighted by atomic mass is 9.90. The van der Waals surface area contributed by atoms with Crippen molar-refractivity contribution in [2.24, 2.45) is 5.92 Å². The highest BCUT2D eigenvalue weighted by Gasteiger charge is 2.40. The van der Waals surface area contributed by atoms with Crippen molar-refractivity contribution < 1.29 is 14.7 Å². The van der Waals surface area contributed by atoms with Crippen LogP contribution >= 0.6 is 11.3 Å². The van der Waals surface area contributed by atoms with Gasteiger partial charge in [-0.25, -0.2) is 4.98 Å². The Bertz CT molecular complexity index is 760. The number of aromatic nitrogens is 2. The second-order valence-corrected chi connectivity index (χ2v) is 7.34. The molecule has 3 heterocycles. The summed E-state index contributed by atoms with van der Waals surface area (Å²) in [5.74, 6) is -1.68. The molecule has 0 saturated carbocycles. The van der Waals surface area contributed by atoms with Crippen LogP contribution < -0.4 is 0 Å². The number of nitrogens with zero attached hydrogens (tertiary/aromatic N) is 3. The Hall–Kier alpha value is -2.28. The van der Waals surface area contributed by atoms with Crippen molar-refractivity contribution in [1.29, 1.82) is 0 Å². The Morgan fingerprint density at radius 2 is 2.00 bits per heavy atom. The van der Waals surface area contributed by atoms with Crippen LogP contribution in [0.1, 0.15) is 27.1 Å². The van der Waals surface area contributed by atoms with E-state index in [1.54, 1.807) is 17.3 Å². The Labute approximate surface area is 144 Å². The van der Waals surface area contributed by atoms with Gasteiger partial charge in [0.05, 0.1) is 23.0 Å². The van der Waals surface area contributed by atoms with Gasteiger partial charge >= 0.3 is 5.97 Å². The second-order valence-electron chi connectivity index (χ2n) is 6.05. The van der Waals surface area contributed by atoms with E-state index >= 15 is 0 Å². The van der Waals surface area contributed by atoms with E-state index in [-0.39, 0.29) is 24.8 Å². The van der Waals surface area contributed by atoms with Gasteiger partial charge in [-0.2, -0.15) is 0 Å². The molecule has 0 unspecified atom stereocenters. The van der Waals surface area contributed by atoms with Crippen LogP contribution in [0.15, 0.2) is 24.5 Å². The SMILES string of the molecule is Cc1nc(C)c(CC(=O)N2C[C@H](C(=O)O)[C@@H](c3ccncc3)C2)s1. The number of hydrogen-bond donors (Lipinski definition) is 1. The molecule has 2 atom stereocenters. The highest BCUT2D eigenvalue weighted by atomic mass is 32.1. The molecule has 1 fully saturated rings. The van der Waals surface area contributed by atoms with Crippen LogP contribution in [0.4, 0.5) is 0 Å². The number of amides is 1. The molecular weight excluding hydrogens is 326 g/mol. The molecule has 24 heavy (non-hydrogen) atoms. The van der Waals surface area contributed by atoms with Gasteiger partial charge in [0.15, 0.2) is 0 Å². The number of carboxylic acid groups (broad SMARTS) is 1. The minimum Gasteiger partial charge on any atom is -0.481 e. The zero-order chi connectivity index (χ0) is 17.3. The quantitative estimate of drug-likeness (QED) is 0.916. The van der Waals surface area contributed by atoms with E-state index in [0.29, 0.717) is 6.54 Å². The predicted molar refractivity (Wildman–Crippen MR) is 90.0 cm³/mol. The summed E-state index contributed by atoms with van der Waals surface area (Å²) in [6, 6.07) is 3.65. The Morgan fingerprint density at radius 1 is 1.29 bits per heavy atom. The molecule has 2 aromatic rings. The maximum Gasteiger partial charge on any atom is 0.308 e. The van der Waals surface area contributed by atoms with Crippen LogP contribution in [0.5, 0.6) is 0 Å². The fourth-order valence-electron chi connectivity index (χ4n) is 3.19. The van der Waals surface area contributed by atoms with Crippen molar-refractivity contribution in [1.82, 2.24) is 14.9 Å². The number of pyridine rings is 1. The van der Waals surface area contributed by atoms with Gasteiger partial charge in [0.1, 0.15) is 0 Å². The van der Waals surface area contributed by atoms with Crippen molar-refractivity contribution in [3.63, 3.8) is 0 Å². The smallest absolute Gasteiger partial charge is 0.308 e. The number of aryl methyl sites for hydroxylation is 2. The molecule has 1 amide bonds. The number of thiazole rings is 1. The topological polar surface area (TPSA) is 83.4 Å². The van der Waals surface area contributed by atoms with Crippen LogP contribution in [0.25, 0.3) is 0 Å². The minimum atomic E-state index is -0.864. The molecule has 3 rings (SSSR count). The summed E-state index contributed by atoms with van der Waals surface area (Å²) in [4.78, 5) is 35.2. The third kappa shape index (κ3) is 3.31. The average molecular weight is 345 g/mol. The number of hydrogen-bond acceptors (Lipinski definition) is 5. The van der Waals surface area contributed by atoms with E-state index in [1.807, 2.05) is 26.0 Å². The first kappa shape index (κ1) is 16.6. The molecule has 0 aliphatic carbocycles. The third-order valence-corrected chi connectivity index (χ3v) is 5.51. The molecule has 0 bridgehead atoms. The fraction of sp³-hybridized carbons (Fsp3) is 0.412. The molecule has 2 aromatic heterocycles. The first-order valence-electron chi connectivity index (χ1n) is 7.79. The maximum absolute atomic E-state index is 12.6. The van der Waals surface area contributed by atoms with Crippen LogP contribution in [0, 0.1) is 19.8 Å². The van der Waals surface area contributed by atoms with Crippen LogP contribution in [0.2, 0.25) is 0 Å². The largest absolute Gasteiger partial charge is 0.481 e. The van der Waals surface area contributed by atoms with Gasteiger partial charge in [-0.3, -0.25) is 14.6 Å². The highest BCUT2D eigenvalue weighted by Crippen LogP contribution is 2.33. The number of rotatable bonds is 4. The normalized spacial score (nSPS) is 20.3. The Kier molecular flexibility index (Phi) is 4.62. The summed E-state index contributed by atoms with van der Waals surface area (Å²) < 4.78 is 0. The van der Waals surface area contributed by atoms with Gasteiger partial charge in [0.2, 0.25) is 5.91 Å². The van der Waals surface area contributed by atoms with E-state index < -0.39 is 11.9 Å². The van der Waals surface area contributed by atoms with Gasteiger partial charge in [0, 0.05) is 36.3 Å². The van der Waals surface area contributed by atoms with Gasteiger partial charge in [-0.1, -0.05) is 0 Å². The summed E-state index contributed by atoms with van der Waals surface area (Å²) in [5.41, 5.74) is 1.79. The zero-order valence-electron chi connectivity index (χ0n) is 13.6. The molecular formula is C17H19N3O3S. The van der Waals surface area contributed by atoms with Crippen LogP contribution in [-0.4, -0.2) is 44.9 Å². The van der Waals surface area contributed by atoms with Crippen molar-refractivity contribution in [2.45, 2.75) is 26.2 Å². The number of carbonyl (C=O) groups excluding carboxylic acids is 1. The van der Waals surface area contributed by atoms with E-state index in [1.165, 1.54) is 11.3 Å². The molecule has 0 spiro atoms.